The second-order valence-electron chi connectivity index (χ2n) is 6.33. The Morgan fingerprint density at radius 2 is 0.714 bits per heavy atom. The SMILES string of the molecule is SCCCCCCSOP(OSCCCCCCS)OSCCCCCCS. The topological polar surface area (TPSA) is 27.7 Å². The molecule has 0 aliphatic rings. The van der Waals surface area contributed by atoms with Gasteiger partial charge in [-0.25, -0.2) is 11.9 Å². The number of rotatable bonds is 24. The van der Waals surface area contributed by atoms with Crippen LogP contribution in [0.25, 0.3) is 0 Å². The number of thiol groups is 3. The van der Waals surface area contributed by atoms with Crippen molar-refractivity contribution in [3.8, 4) is 0 Å². The molecule has 0 aliphatic carbocycles. The van der Waals surface area contributed by atoms with Crippen LogP contribution in [0.1, 0.15) is 77.0 Å². The third-order valence-electron chi connectivity index (χ3n) is 3.75. The van der Waals surface area contributed by atoms with Gasteiger partial charge < -0.3 is 0 Å². The van der Waals surface area contributed by atoms with Gasteiger partial charge in [-0.3, -0.25) is 0 Å². The van der Waals surface area contributed by atoms with Crippen LogP contribution in [0.15, 0.2) is 0 Å². The second kappa shape index (κ2) is 27.4. The highest BCUT2D eigenvalue weighted by Gasteiger charge is 2.15. The molecule has 0 saturated heterocycles. The highest BCUT2D eigenvalue weighted by Crippen LogP contribution is 2.50. The van der Waals surface area contributed by atoms with Crippen molar-refractivity contribution in [2.45, 2.75) is 77.0 Å². The third kappa shape index (κ3) is 24.7. The van der Waals surface area contributed by atoms with Gasteiger partial charge in [0, 0.05) is 53.4 Å². The zero-order chi connectivity index (χ0) is 20.5. The molecule has 0 atom stereocenters. The minimum Gasteiger partial charge on any atom is -0.239 e. The fraction of sp³-hybridized carbons (Fsp3) is 1.00. The van der Waals surface area contributed by atoms with Gasteiger partial charge in [-0.05, 0) is 55.8 Å². The molecule has 0 radical (unpaired) electrons. The summed E-state index contributed by atoms with van der Waals surface area (Å²) < 4.78 is 17.4. The molecule has 0 aromatic rings. The van der Waals surface area contributed by atoms with Crippen LogP contribution in [-0.4, -0.2) is 34.5 Å². The zero-order valence-corrected chi connectivity index (χ0v) is 23.0. The van der Waals surface area contributed by atoms with E-state index in [1.54, 1.807) is 0 Å². The molecule has 10 heteroatoms. The number of hydrogen-bond donors (Lipinski definition) is 3. The summed E-state index contributed by atoms with van der Waals surface area (Å²) in [6.45, 7) is 0. The van der Waals surface area contributed by atoms with Gasteiger partial charge in [0.1, 0.15) is 0 Å². The molecular formula is C18H39O3PS6. The van der Waals surface area contributed by atoms with E-state index >= 15 is 0 Å². The van der Waals surface area contributed by atoms with Crippen molar-refractivity contribution in [2.75, 3.05) is 34.5 Å². The Morgan fingerprint density at radius 3 is 1.00 bits per heavy atom. The first-order chi connectivity index (χ1) is 13.8. The first kappa shape index (κ1) is 30.4. The highest BCUT2D eigenvalue weighted by molar-refractivity contribution is 8.03. The van der Waals surface area contributed by atoms with Gasteiger partial charge in [0.15, 0.2) is 0 Å². The van der Waals surface area contributed by atoms with Crippen molar-refractivity contribution < 1.29 is 11.9 Å². The second-order valence-corrected chi connectivity index (χ2v) is 11.8. The highest BCUT2D eigenvalue weighted by atomic mass is 32.2. The van der Waals surface area contributed by atoms with E-state index in [2.05, 4.69) is 37.9 Å². The maximum atomic E-state index is 5.80. The molecule has 0 aromatic heterocycles. The predicted octanol–water partition coefficient (Wildman–Crippen LogP) is 8.68. The van der Waals surface area contributed by atoms with Crippen LogP contribution in [0.3, 0.4) is 0 Å². The molecule has 0 N–H and O–H groups in total. The van der Waals surface area contributed by atoms with Gasteiger partial charge in [-0.1, -0.05) is 38.5 Å². The van der Waals surface area contributed by atoms with Crippen molar-refractivity contribution in [3.63, 3.8) is 0 Å². The van der Waals surface area contributed by atoms with E-state index in [-0.39, 0.29) is 0 Å². The molecule has 3 nitrogen and oxygen atoms in total. The summed E-state index contributed by atoms with van der Waals surface area (Å²) in [5.74, 6) is 5.90. The summed E-state index contributed by atoms with van der Waals surface area (Å²) in [5, 5.41) is 0. The van der Waals surface area contributed by atoms with Crippen LogP contribution in [0, 0.1) is 0 Å². The van der Waals surface area contributed by atoms with E-state index in [1.807, 2.05) is 0 Å². The summed E-state index contributed by atoms with van der Waals surface area (Å²) in [6.07, 6.45) is 14.5. The van der Waals surface area contributed by atoms with Crippen LogP contribution in [0.4, 0.5) is 0 Å². The molecule has 0 heterocycles. The minimum atomic E-state index is -1.29. The molecular weight excluding hydrogens is 488 g/mol. The molecule has 0 rings (SSSR count). The average Bonchev–Trinajstić information content (AvgIpc) is 2.71. The lowest BCUT2D eigenvalue weighted by Crippen LogP contribution is -1.89. The lowest BCUT2D eigenvalue weighted by molar-refractivity contribution is 0.467. The Labute approximate surface area is 205 Å². The molecule has 0 fully saturated rings. The maximum absolute atomic E-state index is 5.80. The largest absolute Gasteiger partial charge is 0.369 e. The molecule has 0 spiro atoms. The summed E-state index contributed by atoms with van der Waals surface area (Å²) in [4.78, 5) is 0. The van der Waals surface area contributed by atoms with Crippen LogP contribution in [0.2, 0.25) is 0 Å². The summed E-state index contributed by atoms with van der Waals surface area (Å²) in [5.41, 5.74) is 0. The zero-order valence-electron chi connectivity index (χ0n) is 17.0. The van der Waals surface area contributed by atoms with E-state index in [1.165, 1.54) is 93.9 Å². The number of unbranched alkanes of at least 4 members (excludes halogenated alkanes) is 9. The summed E-state index contributed by atoms with van der Waals surface area (Å²) in [7, 11) is -1.29. The Balaban J connectivity index is 3.80. The molecule has 0 bridgehead atoms. The van der Waals surface area contributed by atoms with Gasteiger partial charge in [0.25, 0.3) is 0 Å². The van der Waals surface area contributed by atoms with Gasteiger partial charge in [0.2, 0.25) is 0 Å². The molecule has 0 unspecified atom stereocenters. The lowest BCUT2D eigenvalue weighted by Gasteiger charge is -2.13. The minimum absolute atomic E-state index is 0.981. The van der Waals surface area contributed by atoms with Crippen molar-refractivity contribution in [3.05, 3.63) is 0 Å². The summed E-state index contributed by atoms with van der Waals surface area (Å²) in [6, 6.07) is 0. The maximum Gasteiger partial charge on any atom is 0.369 e. The quantitative estimate of drug-likeness (QED) is 0.0504. The molecule has 0 amide bonds. The first-order valence-electron chi connectivity index (χ1n) is 10.4. The third-order valence-corrected chi connectivity index (χ3v) is 8.79. The van der Waals surface area contributed by atoms with E-state index in [4.69, 9.17) is 11.9 Å². The van der Waals surface area contributed by atoms with Crippen LogP contribution < -0.4 is 0 Å². The monoisotopic (exact) mass is 526 g/mol. The van der Waals surface area contributed by atoms with Crippen LogP contribution >= 0.6 is 82.6 Å². The lowest BCUT2D eigenvalue weighted by atomic mass is 10.2. The fourth-order valence-electron chi connectivity index (χ4n) is 2.16. The van der Waals surface area contributed by atoms with Crippen molar-refractivity contribution >= 4 is 82.6 Å². The van der Waals surface area contributed by atoms with E-state index < -0.39 is 8.60 Å². The molecule has 0 aromatic carbocycles. The van der Waals surface area contributed by atoms with Crippen molar-refractivity contribution in [1.29, 1.82) is 0 Å². The molecule has 0 saturated carbocycles. The van der Waals surface area contributed by atoms with E-state index in [9.17, 15) is 0 Å². The van der Waals surface area contributed by atoms with Gasteiger partial charge in [0.05, 0.1) is 0 Å². The average molecular weight is 527 g/mol. The standard InChI is InChI=1S/C18H39O3PS6/c23-13-7-1-4-10-16-26-19-22(20-27-17-11-5-2-8-14-24)21-28-18-12-6-3-9-15-25/h23-25H,1-18H2. The Hall–Kier alpha value is 2.41. The predicted molar refractivity (Wildman–Crippen MR) is 145 cm³/mol. The van der Waals surface area contributed by atoms with Crippen LogP contribution in [-0.2, 0) is 11.9 Å². The Kier molecular flexibility index (Phi) is 29.8. The fourth-order valence-corrected chi connectivity index (χ4v) is 6.69. The summed E-state index contributed by atoms with van der Waals surface area (Å²) >= 11 is 17.2. The molecule has 28 heavy (non-hydrogen) atoms. The van der Waals surface area contributed by atoms with Gasteiger partial charge in [-0.15, -0.1) is 0 Å². The van der Waals surface area contributed by atoms with Gasteiger partial charge >= 0.3 is 8.60 Å². The van der Waals surface area contributed by atoms with Crippen molar-refractivity contribution in [2.24, 2.45) is 0 Å². The normalized spacial score (nSPS) is 11.6. The Morgan fingerprint density at radius 1 is 0.429 bits per heavy atom. The molecule has 170 valence electrons. The molecule has 0 aliphatic heterocycles. The van der Waals surface area contributed by atoms with E-state index in [0.717, 1.165) is 53.8 Å². The van der Waals surface area contributed by atoms with Crippen molar-refractivity contribution in [1.82, 2.24) is 0 Å². The Bertz CT molecular complexity index is 253. The first-order valence-corrected chi connectivity index (χ1v) is 16.1. The van der Waals surface area contributed by atoms with Crippen LogP contribution in [0.5, 0.6) is 0 Å². The smallest absolute Gasteiger partial charge is 0.239 e. The van der Waals surface area contributed by atoms with Gasteiger partial charge in [-0.2, -0.15) is 37.9 Å². The number of hydrogen-bond acceptors (Lipinski definition) is 9. The van der Waals surface area contributed by atoms with E-state index in [0.29, 0.717) is 0 Å².